The van der Waals surface area contributed by atoms with Crippen LogP contribution in [0.15, 0.2) is 30.3 Å². The third kappa shape index (κ3) is 12.3. The molecule has 0 radical (unpaired) electrons. The number of ether oxygens (including phenoxy) is 1. The highest BCUT2D eigenvalue weighted by Crippen LogP contribution is 2.37. The summed E-state index contributed by atoms with van der Waals surface area (Å²) >= 11 is 2.17. The van der Waals surface area contributed by atoms with E-state index in [-0.39, 0.29) is 10.8 Å². The van der Waals surface area contributed by atoms with E-state index in [2.05, 4.69) is 73.2 Å². The van der Waals surface area contributed by atoms with Gasteiger partial charge in [-0.2, -0.15) is 0 Å². The number of hydrogen-bond donors (Lipinski definition) is 0. The summed E-state index contributed by atoms with van der Waals surface area (Å²) in [5, 5.41) is 0. The van der Waals surface area contributed by atoms with Crippen LogP contribution in [0.1, 0.15) is 59.9 Å². The molecule has 0 amide bonds. The molecule has 4 heteroatoms. The maximum Gasteiger partial charge on any atom is 0.0717 e. The molecule has 0 bridgehead atoms. The molecule has 0 spiro atoms. The summed E-state index contributed by atoms with van der Waals surface area (Å²) in [6.45, 7) is 15.5. The quantitative estimate of drug-likeness (QED) is 0.215. The fourth-order valence-corrected chi connectivity index (χ4v) is 3.49. The molecule has 1 aromatic rings. The van der Waals surface area contributed by atoms with E-state index in [0.29, 0.717) is 6.61 Å². The number of benzene rings is 1. The molecular formula is C19H33IO2S. The smallest absolute Gasteiger partial charge is 0.0717 e. The molecule has 0 saturated carbocycles. The molecule has 0 unspecified atom stereocenters. The third-order valence-corrected chi connectivity index (χ3v) is 4.49. The van der Waals surface area contributed by atoms with Crippen molar-refractivity contribution >= 4 is 30.4 Å². The Labute approximate surface area is 159 Å². The minimum atomic E-state index is 0.176. The largest absolute Gasteiger partial charge is 0.376 e. The summed E-state index contributed by atoms with van der Waals surface area (Å²) in [4.78, 5) is 0. The lowest BCUT2D eigenvalue weighted by Crippen LogP contribution is -2.28. The Bertz CT molecular complexity index is 394. The fourth-order valence-electron chi connectivity index (χ4n) is 2.80. The molecule has 0 fully saturated rings. The van der Waals surface area contributed by atoms with Crippen molar-refractivity contribution in [3.8, 4) is 0 Å². The standard InChI is InChI=1S/C17H27IO2S.C2H6/c1-16(2,10-11-20-21-18)13-17(3,4)14-19-12-15-8-6-5-7-9-15;1-2/h5-9H,10-14H2,1-4H3;1-2H3. The monoisotopic (exact) mass is 452 g/mol. The maximum absolute atomic E-state index is 5.92. The van der Waals surface area contributed by atoms with Gasteiger partial charge in [0.05, 0.1) is 29.0 Å². The zero-order chi connectivity index (χ0) is 17.8. The lowest BCUT2D eigenvalue weighted by molar-refractivity contribution is 0.0242. The minimum Gasteiger partial charge on any atom is -0.376 e. The molecule has 1 aromatic carbocycles. The maximum atomic E-state index is 5.92. The Morgan fingerprint density at radius 1 is 1.00 bits per heavy atom. The molecule has 1 rings (SSSR count). The van der Waals surface area contributed by atoms with Gasteiger partial charge in [0.15, 0.2) is 0 Å². The molecule has 0 aromatic heterocycles. The van der Waals surface area contributed by atoms with Gasteiger partial charge in [-0.1, -0.05) is 71.9 Å². The first-order valence-electron chi connectivity index (χ1n) is 8.37. The van der Waals surface area contributed by atoms with Gasteiger partial charge in [0.1, 0.15) is 0 Å². The molecular weight excluding hydrogens is 419 g/mol. The zero-order valence-corrected chi connectivity index (χ0v) is 18.5. The van der Waals surface area contributed by atoms with Crippen LogP contribution in [0, 0.1) is 10.8 Å². The second kappa shape index (κ2) is 12.6. The van der Waals surface area contributed by atoms with E-state index in [4.69, 9.17) is 8.92 Å². The van der Waals surface area contributed by atoms with Crippen LogP contribution >= 0.6 is 30.4 Å². The van der Waals surface area contributed by atoms with Gasteiger partial charge in [-0.25, -0.2) is 0 Å². The van der Waals surface area contributed by atoms with Gasteiger partial charge in [-0.3, -0.25) is 0 Å². The van der Waals surface area contributed by atoms with Crippen LogP contribution < -0.4 is 0 Å². The normalized spacial score (nSPS) is 11.8. The summed E-state index contributed by atoms with van der Waals surface area (Å²) in [7, 11) is 1.42. The van der Waals surface area contributed by atoms with E-state index in [0.717, 1.165) is 26.1 Å². The summed E-state index contributed by atoms with van der Waals surface area (Å²) in [5.74, 6) is 0. The van der Waals surface area contributed by atoms with Crippen LogP contribution in [-0.2, 0) is 15.5 Å². The molecule has 134 valence electrons. The lowest BCUT2D eigenvalue weighted by Gasteiger charge is -2.34. The molecule has 0 aliphatic heterocycles. The van der Waals surface area contributed by atoms with Gasteiger partial charge < -0.3 is 8.92 Å². The first-order chi connectivity index (χ1) is 10.8. The Hall–Kier alpha value is 0.220. The molecule has 23 heavy (non-hydrogen) atoms. The Morgan fingerprint density at radius 3 is 2.17 bits per heavy atom. The summed E-state index contributed by atoms with van der Waals surface area (Å²) in [6, 6.07) is 10.4. The van der Waals surface area contributed by atoms with Crippen molar-refractivity contribution in [1.82, 2.24) is 0 Å². The van der Waals surface area contributed by atoms with Crippen LogP contribution in [0.5, 0.6) is 0 Å². The molecule has 0 N–H and O–H groups in total. The average Bonchev–Trinajstić information content (AvgIpc) is 2.49. The van der Waals surface area contributed by atoms with Crippen LogP contribution in [0.3, 0.4) is 0 Å². The van der Waals surface area contributed by atoms with Crippen molar-refractivity contribution < 1.29 is 8.92 Å². The average molecular weight is 452 g/mol. The van der Waals surface area contributed by atoms with Gasteiger partial charge in [0, 0.05) is 21.2 Å². The Morgan fingerprint density at radius 2 is 1.61 bits per heavy atom. The number of halogens is 1. The van der Waals surface area contributed by atoms with Gasteiger partial charge in [0.25, 0.3) is 0 Å². The highest BCUT2D eigenvalue weighted by molar-refractivity contribution is 14.2. The first kappa shape index (κ1) is 23.2. The van der Waals surface area contributed by atoms with E-state index in [9.17, 15) is 0 Å². The van der Waals surface area contributed by atoms with E-state index < -0.39 is 0 Å². The molecule has 0 aliphatic carbocycles. The zero-order valence-electron chi connectivity index (χ0n) is 15.5. The van der Waals surface area contributed by atoms with Crippen LogP contribution in [0.4, 0.5) is 0 Å². The van der Waals surface area contributed by atoms with Crippen molar-refractivity contribution in [3.63, 3.8) is 0 Å². The summed E-state index contributed by atoms with van der Waals surface area (Å²) in [6.07, 6.45) is 2.20. The van der Waals surface area contributed by atoms with Gasteiger partial charge in [0.2, 0.25) is 0 Å². The van der Waals surface area contributed by atoms with Gasteiger partial charge in [-0.05, 0) is 29.2 Å². The lowest BCUT2D eigenvalue weighted by atomic mass is 9.74. The number of hydrogen-bond acceptors (Lipinski definition) is 3. The highest BCUT2D eigenvalue weighted by Gasteiger charge is 2.29. The number of rotatable bonds is 10. The van der Waals surface area contributed by atoms with Crippen LogP contribution in [0.25, 0.3) is 0 Å². The molecule has 2 nitrogen and oxygen atoms in total. The van der Waals surface area contributed by atoms with Crippen LogP contribution in [0.2, 0.25) is 0 Å². The molecule has 0 atom stereocenters. The van der Waals surface area contributed by atoms with Crippen molar-refractivity contribution in [2.75, 3.05) is 13.2 Å². The summed E-state index contributed by atoms with van der Waals surface area (Å²) in [5.41, 5.74) is 1.68. The second-order valence-corrected chi connectivity index (χ2v) is 8.56. The predicted octanol–water partition coefficient (Wildman–Crippen LogP) is 7.08. The van der Waals surface area contributed by atoms with Crippen LogP contribution in [-0.4, -0.2) is 13.2 Å². The third-order valence-electron chi connectivity index (χ3n) is 3.47. The first-order valence-corrected chi connectivity index (χ1v) is 11.6. The molecule has 0 saturated heterocycles. The van der Waals surface area contributed by atoms with E-state index in [1.807, 2.05) is 19.9 Å². The van der Waals surface area contributed by atoms with Crippen molar-refractivity contribution in [2.24, 2.45) is 10.8 Å². The highest BCUT2D eigenvalue weighted by atomic mass is 127. The van der Waals surface area contributed by atoms with Crippen molar-refractivity contribution in [2.45, 2.75) is 61.0 Å². The predicted molar refractivity (Wildman–Crippen MR) is 112 cm³/mol. The Kier molecular flexibility index (Phi) is 12.7. The second-order valence-electron chi connectivity index (χ2n) is 7.12. The van der Waals surface area contributed by atoms with E-state index >= 15 is 0 Å². The molecule has 0 aliphatic rings. The topological polar surface area (TPSA) is 18.5 Å². The fraction of sp³-hybridized carbons (Fsp3) is 0.684. The Balaban J connectivity index is 0.00000232. The van der Waals surface area contributed by atoms with Gasteiger partial charge >= 0.3 is 0 Å². The van der Waals surface area contributed by atoms with E-state index in [1.165, 1.54) is 14.8 Å². The minimum absolute atomic E-state index is 0.176. The molecule has 0 heterocycles. The van der Waals surface area contributed by atoms with E-state index in [1.54, 1.807) is 0 Å². The SMILES string of the molecule is CC.CC(C)(CCOSI)CC(C)(C)COCc1ccccc1. The van der Waals surface area contributed by atoms with Crippen molar-refractivity contribution in [1.29, 1.82) is 0 Å². The van der Waals surface area contributed by atoms with Crippen molar-refractivity contribution in [3.05, 3.63) is 35.9 Å². The summed E-state index contributed by atoms with van der Waals surface area (Å²) < 4.78 is 11.3. The van der Waals surface area contributed by atoms with Gasteiger partial charge in [-0.15, -0.1) is 0 Å².